The molecule has 3 heteroatoms. The first-order valence-corrected chi connectivity index (χ1v) is 23.5. The zero-order valence-electron chi connectivity index (χ0n) is 40.2. The summed E-state index contributed by atoms with van der Waals surface area (Å²) in [6.45, 7) is 30.4. The van der Waals surface area contributed by atoms with Crippen molar-refractivity contribution >= 4 is 50.5 Å². The van der Waals surface area contributed by atoms with Gasteiger partial charge in [0.25, 0.3) is 0 Å². The molecule has 318 valence electrons. The second kappa shape index (κ2) is 13.5. The Labute approximate surface area is 381 Å². The molecule has 0 radical (unpaired) electrons. The topological polar surface area (TPSA) is 9.86 Å². The molecular formula is C61H61BN2. The molecular weight excluding hydrogens is 771 g/mol. The molecule has 64 heavy (non-hydrogen) atoms. The molecule has 0 N–H and O–H groups in total. The van der Waals surface area contributed by atoms with Gasteiger partial charge in [-0.2, -0.15) is 0 Å². The molecule has 9 aromatic rings. The van der Waals surface area contributed by atoms with Crippen LogP contribution in [0.3, 0.4) is 0 Å². The van der Waals surface area contributed by atoms with Crippen LogP contribution < -0.4 is 10.9 Å². The molecule has 0 unspecified atom stereocenters. The molecule has 4 heterocycles. The van der Waals surface area contributed by atoms with Crippen molar-refractivity contribution in [3.05, 3.63) is 161 Å². The summed E-state index contributed by atoms with van der Waals surface area (Å²) < 4.78 is 5.45. The second-order valence-corrected chi connectivity index (χ2v) is 23.2. The summed E-state index contributed by atoms with van der Waals surface area (Å²) >= 11 is 0. The Hall–Kier alpha value is -6.06. The predicted octanol–water partition coefficient (Wildman–Crippen LogP) is 15.2. The number of hydrogen-bond acceptors (Lipinski definition) is 0. The number of fused-ring (bicyclic) bond motifs is 7. The van der Waals surface area contributed by atoms with Crippen LogP contribution in [0.15, 0.2) is 133 Å². The number of nitrogens with zero attached hydrogens (tertiary/aromatic N) is 2. The molecule has 2 aliphatic heterocycles. The third-order valence-corrected chi connectivity index (χ3v) is 14.6. The van der Waals surface area contributed by atoms with Crippen LogP contribution in [0.25, 0.3) is 83.0 Å². The van der Waals surface area contributed by atoms with Crippen LogP contribution in [0.5, 0.6) is 0 Å². The fourth-order valence-corrected chi connectivity index (χ4v) is 11.0. The van der Waals surface area contributed by atoms with Gasteiger partial charge in [0.05, 0.1) is 11.0 Å². The van der Waals surface area contributed by atoms with Gasteiger partial charge in [-0.15, -0.1) is 0 Å². The molecule has 2 nitrogen and oxygen atoms in total. The number of benzene rings is 7. The van der Waals surface area contributed by atoms with Gasteiger partial charge < -0.3 is 9.05 Å². The van der Waals surface area contributed by atoms with Gasteiger partial charge in [-0.25, -0.2) is 0 Å². The Kier molecular flexibility index (Phi) is 8.58. The van der Waals surface area contributed by atoms with Crippen molar-refractivity contribution < 1.29 is 0 Å². The van der Waals surface area contributed by atoms with Gasteiger partial charge in [0, 0.05) is 44.2 Å². The highest BCUT2D eigenvalue weighted by atomic mass is 15.0. The van der Waals surface area contributed by atoms with Crippen molar-refractivity contribution in [2.45, 2.75) is 112 Å². The highest BCUT2D eigenvalue weighted by molar-refractivity contribution is 6.90. The number of aryl methyl sites for hydroxylation is 1. The highest BCUT2D eigenvalue weighted by Crippen LogP contribution is 2.51. The van der Waals surface area contributed by atoms with Gasteiger partial charge in [-0.3, -0.25) is 0 Å². The fourth-order valence-electron chi connectivity index (χ4n) is 11.0. The van der Waals surface area contributed by atoms with E-state index in [0.29, 0.717) is 0 Å². The van der Waals surface area contributed by atoms with Crippen molar-refractivity contribution in [2.24, 2.45) is 0 Å². The van der Waals surface area contributed by atoms with Gasteiger partial charge in [0.2, 0.25) is 0 Å². The van der Waals surface area contributed by atoms with E-state index in [4.69, 9.17) is 0 Å². The first kappa shape index (κ1) is 40.7. The monoisotopic (exact) mass is 832 g/mol. The van der Waals surface area contributed by atoms with Crippen molar-refractivity contribution in [3.63, 3.8) is 0 Å². The maximum Gasteiger partial charge on any atom is 0.333 e. The molecule has 0 spiro atoms. The van der Waals surface area contributed by atoms with Crippen molar-refractivity contribution in [2.75, 3.05) is 0 Å². The summed E-state index contributed by atoms with van der Waals surface area (Å²) in [6, 6.07) is 52.3. The lowest BCUT2D eigenvalue weighted by molar-refractivity contribution is 0.590. The van der Waals surface area contributed by atoms with E-state index in [1.165, 1.54) is 122 Å². The van der Waals surface area contributed by atoms with E-state index in [9.17, 15) is 0 Å². The van der Waals surface area contributed by atoms with Gasteiger partial charge in [0.1, 0.15) is 0 Å². The second-order valence-electron chi connectivity index (χ2n) is 23.2. The smallest absolute Gasteiger partial charge is 0.333 e. The first-order chi connectivity index (χ1) is 30.2. The largest absolute Gasteiger partial charge is 0.375 e. The standard InChI is InChI=1S/C61H61BN2/c1-36-19-17-18-22-44(36)53-49-34-42(60(8,9)10)32-48-46-29-39(37-23-25-40(26-24-37)58(2,3)4)30-52-54(46)62(64(56(48)49)55(53)38-20-15-14-16-21-38)50-35-43(61(11,12)13)33-47-45-31-41(59(5,6)7)27-28-51(45)63(52)57(47)50/h14-35H,1-13H3. The van der Waals surface area contributed by atoms with Crippen LogP contribution in [-0.4, -0.2) is 15.9 Å². The Morgan fingerprint density at radius 2 is 1.02 bits per heavy atom. The van der Waals surface area contributed by atoms with Crippen LogP contribution in [0, 0.1) is 6.92 Å². The van der Waals surface area contributed by atoms with E-state index >= 15 is 0 Å². The van der Waals surface area contributed by atoms with Crippen molar-refractivity contribution in [1.29, 1.82) is 0 Å². The van der Waals surface area contributed by atoms with Crippen LogP contribution in [0.1, 0.15) is 111 Å². The van der Waals surface area contributed by atoms with Gasteiger partial charge in [0.15, 0.2) is 0 Å². The van der Waals surface area contributed by atoms with E-state index in [-0.39, 0.29) is 28.5 Å². The minimum atomic E-state index is -0.0816. The molecule has 11 rings (SSSR count). The summed E-state index contributed by atoms with van der Waals surface area (Å²) in [5.74, 6) is 0. The molecule has 0 saturated carbocycles. The van der Waals surface area contributed by atoms with Gasteiger partial charge in [-0.1, -0.05) is 174 Å². The minimum Gasteiger partial charge on any atom is -0.375 e. The molecule has 0 fully saturated rings. The lowest BCUT2D eigenvalue weighted by Crippen LogP contribution is -2.55. The van der Waals surface area contributed by atoms with Crippen LogP contribution in [0.2, 0.25) is 0 Å². The zero-order valence-corrected chi connectivity index (χ0v) is 40.2. The van der Waals surface area contributed by atoms with Crippen LogP contribution >= 0.6 is 0 Å². The lowest BCUT2D eigenvalue weighted by Gasteiger charge is -2.36. The highest BCUT2D eigenvalue weighted by Gasteiger charge is 2.44. The molecule has 0 atom stereocenters. The van der Waals surface area contributed by atoms with E-state index in [2.05, 4.69) is 233 Å². The van der Waals surface area contributed by atoms with Gasteiger partial charge in [-0.05, 0) is 138 Å². The first-order valence-electron chi connectivity index (χ1n) is 23.5. The Morgan fingerprint density at radius 3 is 1.67 bits per heavy atom. The van der Waals surface area contributed by atoms with E-state index in [0.717, 1.165) is 0 Å². The van der Waals surface area contributed by atoms with Gasteiger partial charge >= 0.3 is 6.85 Å². The average Bonchev–Trinajstić information content (AvgIpc) is 3.76. The quantitative estimate of drug-likeness (QED) is 0.157. The summed E-state index contributed by atoms with van der Waals surface area (Å²) in [4.78, 5) is 0. The predicted molar refractivity (Wildman–Crippen MR) is 278 cm³/mol. The van der Waals surface area contributed by atoms with Crippen LogP contribution in [-0.2, 0) is 21.7 Å². The van der Waals surface area contributed by atoms with Crippen molar-refractivity contribution in [3.8, 4) is 50.3 Å². The third-order valence-electron chi connectivity index (χ3n) is 14.6. The minimum absolute atomic E-state index is 0.00981. The summed E-state index contributed by atoms with van der Waals surface area (Å²) in [5.41, 5.74) is 24.9. The fraction of sp³-hybridized carbons (Fsp3) is 0.279. The SMILES string of the molecule is Cc1ccccc1-c1c(-c2ccccc2)n2c3c(cc(C(C)(C)C)cc13)-c1cc(-c3ccc(C(C)(C)C)cc3)cc3c1B2c1cc(C(C)(C)C)cc2c4cc(C(C)(C)C)ccc4n-3c12. The van der Waals surface area contributed by atoms with Crippen LogP contribution in [0.4, 0.5) is 0 Å². The summed E-state index contributed by atoms with van der Waals surface area (Å²) in [5, 5.41) is 4.00. The number of rotatable bonds is 3. The molecule has 0 saturated heterocycles. The molecule has 0 bridgehead atoms. The summed E-state index contributed by atoms with van der Waals surface area (Å²) in [7, 11) is 0. The van der Waals surface area contributed by atoms with E-state index in [1.807, 2.05) is 0 Å². The van der Waals surface area contributed by atoms with E-state index < -0.39 is 0 Å². The third kappa shape index (κ3) is 5.99. The molecule has 2 aliphatic rings. The summed E-state index contributed by atoms with van der Waals surface area (Å²) in [6.07, 6.45) is 0. The van der Waals surface area contributed by atoms with Crippen molar-refractivity contribution in [1.82, 2.24) is 9.05 Å². The average molecular weight is 833 g/mol. The normalized spacial score (nSPS) is 13.7. The van der Waals surface area contributed by atoms with E-state index in [1.54, 1.807) is 0 Å². The maximum atomic E-state index is 2.79. The molecule has 0 aliphatic carbocycles. The zero-order chi connectivity index (χ0) is 45.0. The Morgan fingerprint density at radius 1 is 0.422 bits per heavy atom. The Bertz CT molecular complexity index is 3400. The molecule has 0 amide bonds. The Balaban J connectivity index is 1.39. The maximum absolute atomic E-state index is 2.79. The lowest BCUT2D eigenvalue weighted by atomic mass is 9.45. The number of hydrogen-bond donors (Lipinski definition) is 0. The molecule has 2 aromatic heterocycles. The molecule has 7 aromatic carbocycles. The number of aromatic nitrogens is 2.